The molecule has 28 heavy (non-hydrogen) atoms. The number of unbranched alkanes of at least 4 members (excludes halogenated alkanes) is 1. The van der Waals surface area contributed by atoms with Gasteiger partial charge in [0.15, 0.2) is 0 Å². The minimum Gasteiger partial charge on any atom is -0.494 e. The van der Waals surface area contributed by atoms with Crippen LogP contribution in [0.5, 0.6) is 5.75 Å². The number of rotatable bonds is 10. The second-order valence-electron chi connectivity index (χ2n) is 6.15. The Balaban J connectivity index is 2.12. The molecule has 2 rings (SSSR count). The Kier molecular flexibility index (Phi) is 8.53. The number of carbonyl (C=O) groups excluding carboxylic acids is 2. The van der Waals surface area contributed by atoms with Gasteiger partial charge in [-0.3, -0.25) is 9.59 Å². The third kappa shape index (κ3) is 6.76. The van der Waals surface area contributed by atoms with Gasteiger partial charge in [-0.05, 0) is 42.3 Å². The fourth-order valence-corrected chi connectivity index (χ4v) is 2.37. The van der Waals surface area contributed by atoms with Gasteiger partial charge in [0.1, 0.15) is 11.4 Å². The molecule has 0 unspecified atom stereocenters. The maximum absolute atomic E-state index is 12.6. The third-order valence-corrected chi connectivity index (χ3v) is 3.89. The van der Waals surface area contributed by atoms with Crippen LogP contribution in [0.1, 0.15) is 35.7 Å². The van der Waals surface area contributed by atoms with Crippen LogP contribution in [-0.4, -0.2) is 25.0 Å². The van der Waals surface area contributed by atoms with Crippen molar-refractivity contribution < 1.29 is 14.3 Å². The predicted molar refractivity (Wildman–Crippen MR) is 112 cm³/mol. The van der Waals surface area contributed by atoms with E-state index in [1.165, 1.54) is 0 Å². The summed E-state index contributed by atoms with van der Waals surface area (Å²) in [6.45, 7) is 6.64. The molecule has 0 aliphatic heterocycles. The van der Waals surface area contributed by atoms with Crippen LogP contribution in [0.25, 0.3) is 6.08 Å². The van der Waals surface area contributed by atoms with Crippen molar-refractivity contribution in [1.82, 2.24) is 10.6 Å². The molecule has 0 spiro atoms. The van der Waals surface area contributed by atoms with Crippen molar-refractivity contribution in [2.24, 2.45) is 0 Å². The monoisotopic (exact) mass is 378 g/mol. The molecule has 2 amide bonds. The molecule has 0 saturated heterocycles. The van der Waals surface area contributed by atoms with E-state index in [2.05, 4.69) is 24.1 Å². The Morgan fingerprint density at radius 1 is 1.07 bits per heavy atom. The number of ether oxygens (including phenoxy) is 1. The number of amides is 2. The molecule has 0 heterocycles. The SMILES string of the molecule is C=CCNC(=O)/C(=C\c1ccccc1)NC(=O)c1ccc(OCCCC)cc1. The lowest BCUT2D eigenvalue weighted by Crippen LogP contribution is -2.34. The summed E-state index contributed by atoms with van der Waals surface area (Å²) in [5.74, 6) is -0.0264. The molecule has 0 aromatic heterocycles. The Labute approximate surface area is 166 Å². The zero-order valence-electron chi connectivity index (χ0n) is 16.1. The molecular weight excluding hydrogens is 352 g/mol. The molecule has 2 aromatic carbocycles. The first kappa shape index (κ1) is 21.0. The van der Waals surface area contributed by atoms with Crippen LogP contribution in [0, 0.1) is 0 Å². The molecule has 0 saturated carbocycles. The van der Waals surface area contributed by atoms with Crippen molar-refractivity contribution in [2.75, 3.05) is 13.2 Å². The van der Waals surface area contributed by atoms with Crippen LogP contribution in [0.4, 0.5) is 0 Å². The fourth-order valence-electron chi connectivity index (χ4n) is 2.37. The van der Waals surface area contributed by atoms with E-state index in [0.29, 0.717) is 24.5 Å². The highest BCUT2D eigenvalue weighted by Gasteiger charge is 2.14. The second-order valence-corrected chi connectivity index (χ2v) is 6.15. The van der Waals surface area contributed by atoms with E-state index in [4.69, 9.17) is 4.74 Å². The summed E-state index contributed by atoms with van der Waals surface area (Å²) in [6.07, 6.45) is 5.26. The molecule has 146 valence electrons. The van der Waals surface area contributed by atoms with Crippen molar-refractivity contribution >= 4 is 17.9 Å². The van der Waals surface area contributed by atoms with E-state index in [9.17, 15) is 9.59 Å². The average molecular weight is 378 g/mol. The van der Waals surface area contributed by atoms with Gasteiger partial charge in [0.2, 0.25) is 0 Å². The normalized spacial score (nSPS) is 10.8. The van der Waals surface area contributed by atoms with Crippen molar-refractivity contribution in [2.45, 2.75) is 19.8 Å². The zero-order chi connectivity index (χ0) is 20.2. The Hall–Kier alpha value is -3.34. The summed E-state index contributed by atoms with van der Waals surface area (Å²) in [5, 5.41) is 5.38. The van der Waals surface area contributed by atoms with Gasteiger partial charge in [-0.25, -0.2) is 0 Å². The summed E-state index contributed by atoms with van der Waals surface area (Å²) in [6, 6.07) is 16.2. The fraction of sp³-hybridized carbons (Fsp3) is 0.217. The van der Waals surface area contributed by atoms with Crippen molar-refractivity contribution in [3.05, 3.63) is 84.1 Å². The van der Waals surface area contributed by atoms with E-state index in [1.807, 2.05) is 30.3 Å². The number of hydrogen-bond donors (Lipinski definition) is 2. The van der Waals surface area contributed by atoms with Crippen molar-refractivity contribution in [3.63, 3.8) is 0 Å². The molecule has 2 N–H and O–H groups in total. The second kappa shape index (κ2) is 11.4. The van der Waals surface area contributed by atoms with E-state index in [0.717, 1.165) is 18.4 Å². The average Bonchev–Trinajstić information content (AvgIpc) is 2.73. The smallest absolute Gasteiger partial charge is 0.268 e. The number of nitrogens with one attached hydrogen (secondary N) is 2. The molecule has 0 aliphatic rings. The van der Waals surface area contributed by atoms with Crippen LogP contribution in [0.2, 0.25) is 0 Å². The van der Waals surface area contributed by atoms with Crippen LogP contribution in [0.3, 0.4) is 0 Å². The first-order valence-corrected chi connectivity index (χ1v) is 9.34. The summed E-state index contributed by atoms with van der Waals surface area (Å²) in [7, 11) is 0. The minimum absolute atomic E-state index is 0.168. The van der Waals surface area contributed by atoms with E-state index >= 15 is 0 Å². The van der Waals surface area contributed by atoms with Crippen molar-refractivity contribution in [3.8, 4) is 5.75 Å². The molecule has 0 bridgehead atoms. The lowest BCUT2D eigenvalue weighted by Gasteiger charge is -2.11. The first-order chi connectivity index (χ1) is 13.6. The van der Waals surface area contributed by atoms with Gasteiger partial charge in [0.25, 0.3) is 11.8 Å². The maximum Gasteiger partial charge on any atom is 0.268 e. The van der Waals surface area contributed by atoms with E-state index < -0.39 is 0 Å². The lowest BCUT2D eigenvalue weighted by molar-refractivity contribution is -0.117. The number of hydrogen-bond acceptors (Lipinski definition) is 3. The van der Waals surface area contributed by atoms with Gasteiger partial charge in [-0.2, -0.15) is 0 Å². The highest BCUT2D eigenvalue weighted by molar-refractivity contribution is 6.05. The molecule has 0 aliphatic carbocycles. The molecule has 0 fully saturated rings. The van der Waals surface area contributed by atoms with E-state index in [-0.39, 0.29) is 17.5 Å². The molecule has 5 nitrogen and oxygen atoms in total. The predicted octanol–water partition coefficient (Wildman–Crippen LogP) is 3.94. The molecular formula is C23H26N2O3. The molecule has 0 radical (unpaired) electrons. The Morgan fingerprint density at radius 2 is 1.79 bits per heavy atom. The van der Waals surface area contributed by atoms with Crippen LogP contribution in [0.15, 0.2) is 72.9 Å². The lowest BCUT2D eigenvalue weighted by atomic mass is 10.1. The highest BCUT2D eigenvalue weighted by Crippen LogP contribution is 2.13. The summed E-state index contributed by atoms with van der Waals surface area (Å²) >= 11 is 0. The third-order valence-electron chi connectivity index (χ3n) is 3.89. The van der Waals surface area contributed by atoms with Crippen LogP contribution >= 0.6 is 0 Å². The van der Waals surface area contributed by atoms with Gasteiger partial charge in [0, 0.05) is 12.1 Å². The quantitative estimate of drug-likeness (QED) is 0.374. The van der Waals surface area contributed by atoms with Gasteiger partial charge >= 0.3 is 0 Å². The molecule has 0 atom stereocenters. The van der Waals surface area contributed by atoms with Gasteiger partial charge < -0.3 is 15.4 Å². The van der Waals surface area contributed by atoms with Gasteiger partial charge in [-0.1, -0.05) is 49.8 Å². The van der Waals surface area contributed by atoms with Crippen LogP contribution < -0.4 is 15.4 Å². The van der Waals surface area contributed by atoms with Gasteiger partial charge in [0.05, 0.1) is 6.61 Å². The highest BCUT2D eigenvalue weighted by atomic mass is 16.5. The number of benzene rings is 2. The summed E-state index contributed by atoms with van der Waals surface area (Å²) in [4.78, 5) is 25.0. The molecule has 2 aromatic rings. The Morgan fingerprint density at radius 3 is 2.43 bits per heavy atom. The van der Waals surface area contributed by atoms with E-state index in [1.54, 1.807) is 36.4 Å². The molecule has 5 heteroatoms. The number of carbonyl (C=O) groups is 2. The van der Waals surface area contributed by atoms with Crippen LogP contribution in [-0.2, 0) is 4.79 Å². The summed E-state index contributed by atoms with van der Waals surface area (Å²) in [5.41, 5.74) is 1.42. The van der Waals surface area contributed by atoms with Crippen molar-refractivity contribution in [1.29, 1.82) is 0 Å². The van der Waals surface area contributed by atoms with Gasteiger partial charge in [-0.15, -0.1) is 6.58 Å². The minimum atomic E-state index is -0.378. The summed E-state index contributed by atoms with van der Waals surface area (Å²) < 4.78 is 5.61. The largest absolute Gasteiger partial charge is 0.494 e. The topological polar surface area (TPSA) is 67.4 Å². The zero-order valence-corrected chi connectivity index (χ0v) is 16.1. The standard InChI is InChI=1S/C23H26N2O3/c1-3-5-16-28-20-13-11-19(12-14-20)22(26)25-21(23(27)24-15-4-2)17-18-9-7-6-8-10-18/h4,6-14,17H,2-3,5,15-16H2,1H3,(H,24,27)(H,25,26)/b21-17+. The Bertz CT molecular complexity index is 812. The maximum atomic E-state index is 12.6. The first-order valence-electron chi connectivity index (χ1n) is 9.34.